The van der Waals surface area contributed by atoms with Gasteiger partial charge >= 0.3 is 0 Å². The second kappa shape index (κ2) is 8.35. The summed E-state index contributed by atoms with van der Waals surface area (Å²) in [5.74, 6) is 0.0225. The number of aromatic nitrogens is 2. The van der Waals surface area contributed by atoms with Crippen LogP contribution < -0.4 is 9.64 Å². The van der Waals surface area contributed by atoms with Crippen molar-refractivity contribution in [3.8, 4) is 5.75 Å². The number of carbonyl (C=O) groups excluding carboxylic acids is 1. The summed E-state index contributed by atoms with van der Waals surface area (Å²) in [6.07, 6.45) is 1.53. The molecule has 0 bridgehead atoms. The molecule has 0 N–H and O–H groups in total. The minimum atomic E-state index is -0.398. The van der Waals surface area contributed by atoms with Crippen molar-refractivity contribution in [1.29, 1.82) is 0 Å². The summed E-state index contributed by atoms with van der Waals surface area (Å²) in [5.41, 5.74) is 1.19. The highest BCUT2D eigenvalue weighted by molar-refractivity contribution is 6.32. The van der Waals surface area contributed by atoms with Crippen molar-refractivity contribution in [3.63, 3.8) is 0 Å². The third kappa shape index (κ3) is 4.30. The van der Waals surface area contributed by atoms with Gasteiger partial charge in [0.2, 0.25) is 5.91 Å². The molecule has 0 spiro atoms. The van der Waals surface area contributed by atoms with Crippen LogP contribution in [-0.2, 0) is 11.3 Å². The van der Waals surface area contributed by atoms with Gasteiger partial charge in [0, 0.05) is 32.2 Å². The first-order valence-electron chi connectivity index (χ1n) is 8.73. The van der Waals surface area contributed by atoms with Crippen LogP contribution in [0.4, 0.5) is 10.1 Å². The molecule has 1 aromatic carbocycles. The van der Waals surface area contributed by atoms with E-state index in [2.05, 4.69) is 5.10 Å². The van der Waals surface area contributed by atoms with Crippen LogP contribution >= 0.6 is 23.2 Å². The molecule has 27 heavy (non-hydrogen) atoms. The summed E-state index contributed by atoms with van der Waals surface area (Å²) in [5, 5.41) is 4.90. The molecule has 0 unspecified atom stereocenters. The van der Waals surface area contributed by atoms with Gasteiger partial charge in [-0.05, 0) is 19.9 Å². The van der Waals surface area contributed by atoms with Crippen molar-refractivity contribution >= 4 is 34.8 Å². The Morgan fingerprint density at radius 3 is 2.52 bits per heavy atom. The molecular formula is C18H21Cl2FN4O2. The molecule has 0 saturated carbocycles. The summed E-state index contributed by atoms with van der Waals surface area (Å²) in [6.45, 7) is 6.30. The summed E-state index contributed by atoms with van der Waals surface area (Å²) in [7, 11) is 0. The van der Waals surface area contributed by atoms with Crippen LogP contribution in [0.2, 0.25) is 10.0 Å². The maximum atomic E-state index is 14.4. The fourth-order valence-electron chi connectivity index (χ4n) is 3.03. The zero-order valence-electron chi connectivity index (χ0n) is 15.2. The van der Waals surface area contributed by atoms with E-state index in [0.29, 0.717) is 49.2 Å². The van der Waals surface area contributed by atoms with Crippen LogP contribution in [0.15, 0.2) is 18.3 Å². The summed E-state index contributed by atoms with van der Waals surface area (Å²) in [6, 6.07) is 2.89. The zero-order valence-corrected chi connectivity index (χ0v) is 16.7. The standard InChI is InChI=1S/C18H21Cl2FN4O2/c1-3-27-17-9-16(15(21)8-13(17)19)23-4-6-24(7-5-23)18(26)11-25-12(2)14(20)10-22-25/h8-10H,3-7,11H2,1-2H3. The average molecular weight is 415 g/mol. The molecule has 1 aliphatic rings. The van der Waals surface area contributed by atoms with E-state index in [1.54, 1.807) is 15.6 Å². The number of halogens is 3. The highest BCUT2D eigenvalue weighted by Crippen LogP contribution is 2.33. The van der Waals surface area contributed by atoms with Gasteiger partial charge in [-0.2, -0.15) is 5.10 Å². The van der Waals surface area contributed by atoms with E-state index >= 15 is 0 Å². The maximum Gasteiger partial charge on any atom is 0.244 e. The lowest BCUT2D eigenvalue weighted by Crippen LogP contribution is -2.50. The van der Waals surface area contributed by atoms with Crippen LogP contribution in [0.3, 0.4) is 0 Å². The van der Waals surface area contributed by atoms with Crippen LogP contribution in [0.5, 0.6) is 5.75 Å². The molecule has 0 atom stereocenters. The quantitative estimate of drug-likeness (QED) is 0.752. The predicted octanol–water partition coefficient (Wildman–Crippen LogP) is 3.38. The Morgan fingerprint density at radius 2 is 1.93 bits per heavy atom. The lowest BCUT2D eigenvalue weighted by atomic mass is 10.2. The highest BCUT2D eigenvalue weighted by Gasteiger charge is 2.24. The number of benzene rings is 1. The lowest BCUT2D eigenvalue weighted by Gasteiger charge is -2.36. The molecule has 146 valence electrons. The third-order valence-electron chi connectivity index (χ3n) is 4.60. The number of amides is 1. The van der Waals surface area contributed by atoms with Gasteiger partial charge in [-0.1, -0.05) is 23.2 Å². The Balaban J connectivity index is 1.64. The smallest absolute Gasteiger partial charge is 0.244 e. The number of carbonyl (C=O) groups is 1. The van der Waals surface area contributed by atoms with Crippen LogP contribution in [-0.4, -0.2) is 53.4 Å². The Bertz CT molecular complexity index is 835. The highest BCUT2D eigenvalue weighted by atomic mass is 35.5. The van der Waals surface area contributed by atoms with Gasteiger partial charge in [0.25, 0.3) is 0 Å². The predicted molar refractivity (Wildman–Crippen MR) is 103 cm³/mol. The Labute approximate surface area is 167 Å². The van der Waals surface area contributed by atoms with Crippen LogP contribution in [0.25, 0.3) is 0 Å². The summed E-state index contributed by atoms with van der Waals surface area (Å²) in [4.78, 5) is 16.2. The molecule has 0 aliphatic carbocycles. The van der Waals surface area contributed by atoms with Crippen molar-refractivity contribution < 1.29 is 13.9 Å². The van der Waals surface area contributed by atoms with Crippen molar-refractivity contribution in [2.75, 3.05) is 37.7 Å². The molecule has 1 fully saturated rings. The molecule has 2 heterocycles. The van der Waals surface area contributed by atoms with Crippen LogP contribution in [0, 0.1) is 12.7 Å². The molecule has 1 amide bonds. The lowest BCUT2D eigenvalue weighted by molar-refractivity contribution is -0.132. The molecule has 2 aromatic rings. The SMILES string of the molecule is CCOc1cc(N2CCN(C(=O)Cn3ncc(Cl)c3C)CC2)c(F)cc1Cl. The van der Waals surface area contributed by atoms with Gasteiger partial charge in [0.05, 0.1) is 34.2 Å². The largest absolute Gasteiger partial charge is 0.492 e. The van der Waals surface area contributed by atoms with Gasteiger partial charge in [0.1, 0.15) is 18.1 Å². The number of anilines is 1. The first kappa shape index (κ1) is 19.8. The van der Waals surface area contributed by atoms with E-state index < -0.39 is 5.82 Å². The number of hydrogen-bond donors (Lipinski definition) is 0. The minimum absolute atomic E-state index is 0.0379. The van der Waals surface area contributed by atoms with Crippen molar-refractivity contribution in [2.24, 2.45) is 0 Å². The molecule has 0 radical (unpaired) electrons. The molecule has 9 heteroatoms. The van der Waals surface area contributed by atoms with E-state index in [-0.39, 0.29) is 17.5 Å². The van der Waals surface area contributed by atoms with Crippen molar-refractivity contribution in [2.45, 2.75) is 20.4 Å². The van der Waals surface area contributed by atoms with Gasteiger partial charge in [-0.25, -0.2) is 4.39 Å². The van der Waals surface area contributed by atoms with E-state index in [4.69, 9.17) is 27.9 Å². The second-order valence-corrected chi connectivity index (χ2v) is 7.08. The molecule has 1 saturated heterocycles. The van der Waals surface area contributed by atoms with Crippen LogP contribution in [0.1, 0.15) is 12.6 Å². The fraction of sp³-hybridized carbons (Fsp3) is 0.444. The van der Waals surface area contributed by atoms with E-state index in [9.17, 15) is 9.18 Å². The van der Waals surface area contributed by atoms with E-state index in [0.717, 1.165) is 5.69 Å². The third-order valence-corrected chi connectivity index (χ3v) is 5.27. The van der Waals surface area contributed by atoms with E-state index in [1.807, 2.05) is 18.7 Å². The molecule has 1 aromatic heterocycles. The van der Waals surface area contributed by atoms with Gasteiger partial charge < -0.3 is 14.5 Å². The number of hydrogen-bond acceptors (Lipinski definition) is 4. The normalized spacial score (nSPS) is 14.6. The summed E-state index contributed by atoms with van der Waals surface area (Å²) >= 11 is 12.0. The van der Waals surface area contributed by atoms with E-state index in [1.165, 1.54) is 12.3 Å². The molecule has 1 aliphatic heterocycles. The average Bonchev–Trinajstić information content (AvgIpc) is 2.96. The van der Waals surface area contributed by atoms with Gasteiger partial charge in [0.15, 0.2) is 0 Å². The zero-order chi connectivity index (χ0) is 19.6. The number of piperazine rings is 1. The van der Waals surface area contributed by atoms with Crippen molar-refractivity contribution in [3.05, 3.63) is 39.9 Å². The Morgan fingerprint density at radius 1 is 1.22 bits per heavy atom. The number of nitrogens with zero attached hydrogens (tertiary/aromatic N) is 4. The second-order valence-electron chi connectivity index (χ2n) is 6.27. The fourth-order valence-corrected chi connectivity index (χ4v) is 3.38. The first-order chi connectivity index (χ1) is 12.9. The maximum absolute atomic E-state index is 14.4. The van der Waals surface area contributed by atoms with Crippen molar-refractivity contribution in [1.82, 2.24) is 14.7 Å². The Kier molecular flexibility index (Phi) is 6.11. The number of rotatable bonds is 5. The molecular weight excluding hydrogens is 394 g/mol. The number of ether oxygens (including phenoxy) is 1. The van der Waals surface area contributed by atoms with Gasteiger partial charge in [-0.3, -0.25) is 9.48 Å². The topological polar surface area (TPSA) is 50.6 Å². The van der Waals surface area contributed by atoms with Gasteiger partial charge in [-0.15, -0.1) is 0 Å². The molecule has 3 rings (SSSR count). The first-order valence-corrected chi connectivity index (χ1v) is 9.48. The Hall–Kier alpha value is -1.99. The molecule has 6 nitrogen and oxygen atoms in total. The monoisotopic (exact) mass is 414 g/mol. The summed E-state index contributed by atoms with van der Waals surface area (Å²) < 4.78 is 21.4. The minimum Gasteiger partial charge on any atom is -0.492 e.